The Morgan fingerprint density at radius 1 is 1.10 bits per heavy atom. The molecule has 3 nitrogen and oxygen atoms in total. The molecule has 2 rings (SSSR count). The standard InChI is InChI=1S/C17H15FO3/c1-4-17(19,12-5-7-13(18)8-6-12)15-10-9-14(20-2)11-16(15)21-3/h1,5-11,19H,2-3H3. The van der Waals surface area contributed by atoms with Crippen molar-refractivity contribution in [3.05, 3.63) is 59.4 Å². The molecule has 0 heterocycles. The number of halogens is 1. The van der Waals surface area contributed by atoms with E-state index in [9.17, 15) is 9.50 Å². The SMILES string of the molecule is C#CC(O)(c1ccc(F)cc1)c1ccc(OC)cc1OC. The first kappa shape index (κ1) is 14.9. The first-order valence-electron chi connectivity index (χ1n) is 6.24. The van der Waals surface area contributed by atoms with Crippen LogP contribution in [-0.4, -0.2) is 19.3 Å². The van der Waals surface area contributed by atoms with Crippen molar-refractivity contribution in [2.24, 2.45) is 0 Å². The van der Waals surface area contributed by atoms with E-state index in [4.69, 9.17) is 15.9 Å². The predicted molar refractivity (Wildman–Crippen MR) is 77.8 cm³/mol. The molecule has 4 heteroatoms. The van der Waals surface area contributed by atoms with Crippen molar-refractivity contribution in [2.45, 2.75) is 5.60 Å². The molecule has 1 N–H and O–H groups in total. The first-order valence-corrected chi connectivity index (χ1v) is 6.24. The van der Waals surface area contributed by atoms with Gasteiger partial charge in [-0.3, -0.25) is 0 Å². The maximum atomic E-state index is 13.1. The molecule has 1 unspecified atom stereocenters. The van der Waals surface area contributed by atoms with Crippen molar-refractivity contribution in [1.82, 2.24) is 0 Å². The lowest BCUT2D eigenvalue weighted by Crippen LogP contribution is -2.25. The van der Waals surface area contributed by atoms with Gasteiger partial charge in [-0.25, -0.2) is 4.39 Å². The molecule has 0 radical (unpaired) electrons. The molecule has 1 atom stereocenters. The molecule has 0 amide bonds. The Bertz CT molecular complexity index is 673. The molecule has 0 bridgehead atoms. The van der Waals surface area contributed by atoms with Gasteiger partial charge in [0.05, 0.1) is 14.2 Å². The molecule has 0 aliphatic carbocycles. The van der Waals surface area contributed by atoms with Gasteiger partial charge >= 0.3 is 0 Å². The third-order valence-corrected chi connectivity index (χ3v) is 3.27. The summed E-state index contributed by atoms with van der Waals surface area (Å²) in [6.45, 7) is 0. The average Bonchev–Trinajstić information content (AvgIpc) is 2.54. The summed E-state index contributed by atoms with van der Waals surface area (Å²) in [5, 5.41) is 10.8. The molecule has 0 saturated heterocycles. The van der Waals surface area contributed by atoms with Gasteiger partial charge in [0.1, 0.15) is 17.3 Å². The highest BCUT2D eigenvalue weighted by molar-refractivity contribution is 5.52. The van der Waals surface area contributed by atoms with E-state index in [0.29, 0.717) is 22.6 Å². The van der Waals surface area contributed by atoms with E-state index in [2.05, 4.69) is 5.92 Å². The van der Waals surface area contributed by atoms with Crippen LogP contribution < -0.4 is 9.47 Å². The topological polar surface area (TPSA) is 38.7 Å². The van der Waals surface area contributed by atoms with Gasteiger partial charge in [-0.05, 0) is 24.3 Å². The third-order valence-electron chi connectivity index (χ3n) is 3.27. The zero-order valence-electron chi connectivity index (χ0n) is 11.8. The molecule has 0 fully saturated rings. The van der Waals surface area contributed by atoms with E-state index >= 15 is 0 Å². The number of rotatable bonds is 4. The number of aliphatic hydroxyl groups is 1. The van der Waals surface area contributed by atoms with Gasteiger partial charge in [0.2, 0.25) is 0 Å². The van der Waals surface area contributed by atoms with Crippen molar-refractivity contribution >= 4 is 0 Å². The molecule has 0 aliphatic rings. The van der Waals surface area contributed by atoms with Crippen LogP contribution in [0, 0.1) is 18.2 Å². The maximum Gasteiger partial charge on any atom is 0.180 e. The molecule has 0 aromatic heterocycles. The Hall–Kier alpha value is -2.51. The number of hydrogen-bond donors (Lipinski definition) is 1. The largest absolute Gasteiger partial charge is 0.497 e. The summed E-state index contributed by atoms with van der Waals surface area (Å²) in [5.41, 5.74) is -0.944. The van der Waals surface area contributed by atoms with Crippen LogP contribution in [0.15, 0.2) is 42.5 Å². The van der Waals surface area contributed by atoms with Gasteiger partial charge in [0, 0.05) is 17.2 Å². The van der Waals surface area contributed by atoms with Crippen LogP contribution in [0.3, 0.4) is 0 Å². The Balaban J connectivity index is 2.60. The van der Waals surface area contributed by atoms with E-state index in [1.54, 1.807) is 18.2 Å². The van der Waals surface area contributed by atoms with Crippen molar-refractivity contribution in [2.75, 3.05) is 14.2 Å². The molecule has 0 spiro atoms. The number of methoxy groups -OCH3 is 2. The second-order valence-electron chi connectivity index (χ2n) is 4.43. The molecule has 2 aromatic carbocycles. The van der Waals surface area contributed by atoms with Crippen LogP contribution >= 0.6 is 0 Å². The van der Waals surface area contributed by atoms with Crippen LogP contribution in [0.5, 0.6) is 11.5 Å². The van der Waals surface area contributed by atoms with E-state index in [-0.39, 0.29) is 0 Å². The minimum absolute atomic E-state index is 0.384. The fraction of sp³-hybridized carbons (Fsp3) is 0.176. The van der Waals surface area contributed by atoms with Gasteiger partial charge in [-0.1, -0.05) is 18.1 Å². The smallest absolute Gasteiger partial charge is 0.180 e. The van der Waals surface area contributed by atoms with E-state index in [1.807, 2.05) is 0 Å². The van der Waals surface area contributed by atoms with Crippen LogP contribution in [0.4, 0.5) is 4.39 Å². The van der Waals surface area contributed by atoms with Gasteiger partial charge in [-0.2, -0.15) is 0 Å². The second-order valence-corrected chi connectivity index (χ2v) is 4.43. The van der Waals surface area contributed by atoms with E-state index in [0.717, 1.165) is 0 Å². The normalized spacial score (nSPS) is 13.1. The monoisotopic (exact) mass is 286 g/mol. The molecular formula is C17H15FO3. The third kappa shape index (κ3) is 2.69. The van der Waals surface area contributed by atoms with Crippen molar-refractivity contribution < 1.29 is 19.0 Å². The summed E-state index contributed by atoms with van der Waals surface area (Å²) in [6, 6.07) is 10.3. The Labute approximate surface area is 122 Å². The summed E-state index contributed by atoms with van der Waals surface area (Å²) in [4.78, 5) is 0. The lowest BCUT2D eigenvalue weighted by molar-refractivity contribution is 0.141. The number of benzene rings is 2. The van der Waals surface area contributed by atoms with Crippen LogP contribution in [0.2, 0.25) is 0 Å². The highest BCUT2D eigenvalue weighted by atomic mass is 19.1. The summed E-state index contributed by atoms with van der Waals surface area (Å²) >= 11 is 0. The van der Waals surface area contributed by atoms with Gasteiger partial charge in [-0.15, -0.1) is 6.42 Å². The number of terminal acetylenes is 1. The zero-order chi connectivity index (χ0) is 15.5. The molecule has 0 aliphatic heterocycles. The number of ether oxygens (including phenoxy) is 2. The summed E-state index contributed by atoms with van der Waals surface area (Å²) in [5.74, 6) is 2.92. The van der Waals surface area contributed by atoms with Gasteiger partial charge < -0.3 is 14.6 Å². The Morgan fingerprint density at radius 3 is 2.29 bits per heavy atom. The van der Waals surface area contributed by atoms with Gasteiger partial charge in [0.15, 0.2) is 5.60 Å². The maximum absolute atomic E-state index is 13.1. The second kappa shape index (κ2) is 5.86. The minimum atomic E-state index is -1.72. The van der Waals surface area contributed by atoms with Gasteiger partial charge in [0.25, 0.3) is 0 Å². The van der Waals surface area contributed by atoms with Crippen molar-refractivity contribution in [3.8, 4) is 23.8 Å². The molecule has 2 aromatic rings. The summed E-state index contributed by atoms with van der Waals surface area (Å²) in [6.07, 6.45) is 5.52. The van der Waals surface area contributed by atoms with Crippen molar-refractivity contribution in [3.63, 3.8) is 0 Å². The summed E-state index contributed by atoms with van der Waals surface area (Å²) < 4.78 is 23.4. The first-order chi connectivity index (χ1) is 10.0. The van der Waals surface area contributed by atoms with E-state index < -0.39 is 11.4 Å². The zero-order valence-corrected chi connectivity index (χ0v) is 11.8. The fourth-order valence-corrected chi connectivity index (χ4v) is 2.11. The van der Waals surface area contributed by atoms with Crippen LogP contribution in [-0.2, 0) is 5.60 Å². The summed E-state index contributed by atoms with van der Waals surface area (Å²) in [7, 11) is 3.00. The quantitative estimate of drug-likeness (QED) is 0.878. The lowest BCUT2D eigenvalue weighted by Gasteiger charge is -2.25. The van der Waals surface area contributed by atoms with E-state index in [1.165, 1.54) is 38.5 Å². The highest BCUT2D eigenvalue weighted by Gasteiger charge is 2.32. The fourth-order valence-electron chi connectivity index (χ4n) is 2.11. The number of hydrogen-bond acceptors (Lipinski definition) is 3. The lowest BCUT2D eigenvalue weighted by atomic mass is 9.86. The highest BCUT2D eigenvalue weighted by Crippen LogP contribution is 2.37. The molecular weight excluding hydrogens is 271 g/mol. The molecule has 21 heavy (non-hydrogen) atoms. The van der Waals surface area contributed by atoms with Crippen LogP contribution in [0.25, 0.3) is 0 Å². The van der Waals surface area contributed by atoms with Crippen LogP contribution in [0.1, 0.15) is 11.1 Å². The predicted octanol–water partition coefficient (Wildman–Crippen LogP) is 2.71. The average molecular weight is 286 g/mol. The molecule has 0 saturated carbocycles. The Kier molecular flexibility index (Phi) is 4.15. The molecule has 108 valence electrons. The minimum Gasteiger partial charge on any atom is -0.497 e. The Morgan fingerprint density at radius 2 is 1.76 bits per heavy atom. The van der Waals surface area contributed by atoms with Crippen molar-refractivity contribution in [1.29, 1.82) is 0 Å².